The minimum Gasteiger partial charge on any atom is -0.515 e. The molecule has 0 aliphatic heterocycles. The molecule has 0 bridgehead atoms. The Morgan fingerprint density at radius 3 is 2.00 bits per heavy atom. The summed E-state index contributed by atoms with van der Waals surface area (Å²) in [5, 5.41) is 8.33. The Morgan fingerprint density at radius 2 is 2.00 bits per heavy atom. The van der Waals surface area contributed by atoms with E-state index < -0.39 is 0 Å². The van der Waals surface area contributed by atoms with Gasteiger partial charge in [-0.1, -0.05) is 45.2 Å². The van der Waals surface area contributed by atoms with Crippen molar-refractivity contribution >= 4 is 67.8 Å². The highest BCUT2D eigenvalue weighted by Gasteiger charge is 1.98. The van der Waals surface area contributed by atoms with Crippen molar-refractivity contribution in [1.29, 1.82) is 0 Å². The predicted molar refractivity (Wildman–Crippen MR) is 56.6 cm³/mol. The molecule has 1 nitrogen and oxygen atoms in total. The average molecular weight is 436 g/mol. The quantitative estimate of drug-likeness (QED) is 0.381. The fourth-order valence-electron chi connectivity index (χ4n) is 0.0563. The van der Waals surface area contributed by atoms with Crippen LogP contribution >= 0.6 is 67.8 Å². The molecule has 0 aliphatic rings. The molecule has 0 aromatic carbocycles. The predicted octanol–water partition coefficient (Wildman–Crippen LogP) is 3.02. The average Bonchev–Trinajstić information content (AvgIpc) is 1.65. The van der Waals surface area contributed by atoms with Gasteiger partial charge in [0, 0.05) is 3.58 Å². The second kappa shape index (κ2) is 4.59. The Morgan fingerprint density at radius 1 is 1.57 bits per heavy atom. The number of hydrogen-bond donors (Lipinski definition) is 1. The van der Waals surface area contributed by atoms with Crippen LogP contribution in [0, 0.1) is 0 Å². The molecular formula is C3H3I3O. The number of allylic oxidation sites excluding steroid dienone is 1. The zero-order chi connectivity index (χ0) is 5.86. The molecule has 0 unspecified atom stereocenters. The fourth-order valence-corrected chi connectivity index (χ4v) is 0.378. The Bertz CT molecular complexity index is 78.2. The van der Waals surface area contributed by atoms with Crippen molar-refractivity contribution in [3.8, 4) is 0 Å². The molecule has 0 fully saturated rings. The van der Waals surface area contributed by atoms with Crippen molar-refractivity contribution < 1.29 is 5.11 Å². The van der Waals surface area contributed by atoms with E-state index in [0.29, 0.717) is 1.93 Å². The van der Waals surface area contributed by atoms with Crippen LogP contribution in [0.2, 0.25) is 0 Å². The number of aliphatic hydroxyl groups is 1. The fraction of sp³-hybridized carbons (Fsp3) is 0.333. The summed E-state index contributed by atoms with van der Waals surface area (Å²) in [7, 11) is 0. The maximum Gasteiger partial charge on any atom is 0.0961 e. The van der Waals surface area contributed by atoms with E-state index in [1.165, 1.54) is 0 Å². The minimum absolute atomic E-state index is 0.404. The van der Waals surface area contributed by atoms with Gasteiger partial charge in [0.2, 0.25) is 0 Å². The number of halogens is 3. The maximum absolute atomic E-state index is 8.33. The number of alkyl halides is 2. The molecule has 7 heavy (non-hydrogen) atoms. The van der Waals surface area contributed by atoms with E-state index in [9.17, 15) is 0 Å². The van der Waals surface area contributed by atoms with Gasteiger partial charge < -0.3 is 5.11 Å². The van der Waals surface area contributed by atoms with Crippen molar-refractivity contribution in [1.82, 2.24) is 0 Å². The highest BCUT2D eigenvalue weighted by Crippen LogP contribution is 2.24. The Kier molecular flexibility index (Phi) is 5.73. The van der Waals surface area contributed by atoms with Gasteiger partial charge in [0.25, 0.3) is 0 Å². The van der Waals surface area contributed by atoms with Crippen molar-refractivity contribution in [2.24, 2.45) is 0 Å². The minimum atomic E-state index is 0.404. The lowest BCUT2D eigenvalue weighted by Crippen LogP contribution is -1.79. The number of rotatable bonds is 1. The SMILES string of the molecule is OC=C(I)C(I)I. The lowest BCUT2D eigenvalue weighted by atomic mass is 10.7. The third-order valence-electron chi connectivity index (χ3n) is 0.332. The second-order valence-corrected chi connectivity index (χ2v) is 6.94. The van der Waals surface area contributed by atoms with Gasteiger partial charge in [0.15, 0.2) is 0 Å². The van der Waals surface area contributed by atoms with Crippen LogP contribution in [0.3, 0.4) is 0 Å². The first-order valence-electron chi connectivity index (χ1n) is 1.46. The van der Waals surface area contributed by atoms with Gasteiger partial charge in [-0.05, 0) is 22.6 Å². The van der Waals surface area contributed by atoms with E-state index in [-0.39, 0.29) is 0 Å². The molecule has 0 aromatic rings. The van der Waals surface area contributed by atoms with Crippen molar-refractivity contribution in [2.75, 3.05) is 0 Å². The van der Waals surface area contributed by atoms with Crippen molar-refractivity contribution in [3.63, 3.8) is 0 Å². The molecule has 0 spiro atoms. The zero-order valence-electron chi connectivity index (χ0n) is 3.24. The Labute approximate surface area is 83.4 Å². The summed E-state index contributed by atoms with van der Waals surface area (Å²) in [5.74, 6) is 0. The van der Waals surface area contributed by atoms with Gasteiger partial charge in [-0.2, -0.15) is 0 Å². The first kappa shape index (κ1) is 8.73. The highest BCUT2D eigenvalue weighted by atomic mass is 127. The van der Waals surface area contributed by atoms with Gasteiger partial charge in [0.1, 0.15) is 0 Å². The van der Waals surface area contributed by atoms with E-state index in [2.05, 4.69) is 67.8 Å². The van der Waals surface area contributed by atoms with Gasteiger partial charge in [0.05, 0.1) is 8.19 Å². The summed E-state index contributed by atoms with van der Waals surface area (Å²) in [5.41, 5.74) is 0. The van der Waals surface area contributed by atoms with Crippen LogP contribution in [0.1, 0.15) is 0 Å². The van der Waals surface area contributed by atoms with Crippen LogP contribution in [-0.4, -0.2) is 7.04 Å². The van der Waals surface area contributed by atoms with Crippen LogP contribution in [0.5, 0.6) is 0 Å². The molecule has 0 aromatic heterocycles. The molecule has 0 atom stereocenters. The first-order chi connectivity index (χ1) is 3.18. The van der Waals surface area contributed by atoms with E-state index in [1.807, 2.05) is 0 Å². The van der Waals surface area contributed by atoms with Crippen LogP contribution in [0.25, 0.3) is 0 Å². The van der Waals surface area contributed by atoms with Crippen LogP contribution in [-0.2, 0) is 0 Å². The molecule has 0 heterocycles. The summed E-state index contributed by atoms with van der Waals surface area (Å²) < 4.78 is 1.37. The molecule has 1 N–H and O–H groups in total. The van der Waals surface area contributed by atoms with Crippen LogP contribution < -0.4 is 0 Å². The molecule has 0 rings (SSSR count). The highest BCUT2D eigenvalue weighted by molar-refractivity contribution is 14.2. The Hall–Kier alpha value is 1.73. The summed E-state index contributed by atoms with van der Waals surface area (Å²) in [6, 6.07) is 0. The molecule has 0 aliphatic carbocycles. The monoisotopic (exact) mass is 436 g/mol. The van der Waals surface area contributed by atoms with Crippen LogP contribution in [0.15, 0.2) is 9.84 Å². The Balaban J connectivity index is 3.56. The zero-order valence-corrected chi connectivity index (χ0v) is 9.71. The van der Waals surface area contributed by atoms with E-state index in [1.54, 1.807) is 0 Å². The van der Waals surface area contributed by atoms with E-state index in [0.717, 1.165) is 9.84 Å². The molecule has 4 heteroatoms. The topological polar surface area (TPSA) is 20.2 Å². The molecule has 0 radical (unpaired) electrons. The smallest absolute Gasteiger partial charge is 0.0961 e. The largest absolute Gasteiger partial charge is 0.515 e. The van der Waals surface area contributed by atoms with E-state index in [4.69, 9.17) is 5.11 Å². The van der Waals surface area contributed by atoms with Gasteiger partial charge >= 0.3 is 0 Å². The summed E-state index contributed by atoms with van der Waals surface area (Å²) in [4.78, 5) is 0. The summed E-state index contributed by atoms with van der Waals surface area (Å²) >= 11 is 6.53. The number of hydrogen-bond acceptors (Lipinski definition) is 1. The van der Waals surface area contributed by atoms with Gasteiger partial charge in [-0.15, -0.1) is 0 Å². The molecule has 0 amide bonds. The van der Waals surface area contributed by atoms with Gasteiger partial charge in [-0.25, -0.2) is 0 Å². The third-order valence-corrected chi connectivity index (χ3v) is 4.96. The molecule has 0 saturated carbocycles. The molecule has 0 saturated heterocycles. The molecule has 42 valence electrons. The second-order valence-electron chi connectivity index (χ2n) is 0.815. The number of aliphatic hydroxyl groups excluding tert-OH is 1. The van der Waals surface area contributed by atoms with Crippen molar-refractivity contribution in [2.45, 2.75) is 1.93 Å². The third kappa shape index (κ3) is 4.25. The lowest BCUT2D eigenvalue weighted by Gasteiger charge is -1.92. The van der Waals surface area contributed by atoms with Crippen LogP contribution in [0.4, 0.5) is 0 Å². The standard InChI is InChI=1S/C3H3I3O/c4-2(1-7)3(5)6/h1,3,7H. The van der Waals surface area contributed by atoms with Crippen molar-refractivity contribution in [3.05, 3.63) is 9.84 Å². The van der Waals surface area contributed by atoms with Gasteiger partial charge in [-0.3, -0.25) is 0 Å². The molecular weight excluding hydrogens is 433 g/mol. The first-order valence-corrected chi connectivity index (χ1v) is 5.03. The van der Waals surface area contributed by atoms with E-state index >= 15 is 0 Å². The maximum atomic E-state index is 8.33. The summed E-state index contributed by atoms with van der Waals surface area (Å²) in [6.07, 6.45) is 1.13. The normalized spacial score (nSPS) is 12.9. The summed E-state index contributed by atoms with van der Waals surface area (Å²) in [6.45, 7) is 0. The lowest BCUT2D eigenvalue weighted by molar-refractivity contribution is 0.472.